The quantitative estimate of drug-likeness (QED) is 0.917. The molecule has 0 aromatic heterocycles. The first-order chi connectivity index (χ1) is 11.6. The Morgan fingerprint density at radius 3 is 2.46 bits per heavy atom. The smallest absolute Gasteiger partial charge is 0.227 e. The molecule has 2 aromatic carbocycles. The number of nitrogens with one attached hydrogen (secondary N) is 1. The van der Waals surface area contributed by atoms with Crippen molar-refractivity contribution in [1.29, 1.82) is 0 Å². The highest BCUT2D eigenvalue weighted by atomic mass is 16.1. The summed E-state index contributed by atoms with van der Waals surface area (Å²) >= 11 is 0. The van der Waals surface area contributed by atoms with Gasteiger partial charge in [-0.15, -0.1) is 0 Å². The van der Waals surface area contributed by atoms with E-state index in [-0.39, 0.29) is 11.8 Å². The summed E-state index contributed by atoms with van der Waals surface area (Å²) < 4.78 is 0. The number of rotatable bonds is 4. The van der Waals surface area contributed by atoms with E-state index < -0.39 is 0 Å². The van der Waals surface area contributed by atoms with Crippen molar-refractivity contribution in [1.82, 2.24) is 4.90 Å². The van der Waals surface area contributed by atoms with Crippen LogP contribution in [0.15, 0.2) is 48.5 Å². The van der Waals surface area contributed by atoms with Crippen LogP contribution in [0.25, 0.3) is 0 Å². The molecule has 0 bridgehead atoms. The zero-order chi connectivity index (χ0) is 16.9. The highest BCUT2D eigenvalue weighted by Gasteiger charge is 2.25. The van der Waals surface area contributed by atoms with Gasteiger partial charge in [-0.25, -0.2) is 0 Å². The zero-order valence-electron chi connectivity index (χ0n) is 14.6. The minimum atomic E-state index is 0.122. The molecular formula is C21H26N2O. The van der Waals surface area contributed by atoms with Gasteiger partial charge in [0, 0.05) is 18.2 Å². The molecule has 1 fully saturated rings. The third-order valence-corrected chi connectivity index (χ3v) is 5.07. The van der Waals surface area contributed by atoms with Crippen molar-refractivity contribution < 1.29 is 4.79 Å². The Morgan fingerprint density at radius 1 is 1.04 bits per heavy atom. The molecule has 0 atom stereocenters. The summed E-state index contributed by atoms with van der Waals surface area (Å²) in [4.78, 5) is 15.0. The minimum absolute atomic E-state index is 0.122. The second-order valence-corrected chi connectivity index (χ2v) is 6.77. The number of amides is 1. The molecule has 3 rings (SSSR count). The lowest BCUT2D eigenvalue weighted by Crippen LogP contribution is -2.37. The molecule has 1 aliphatic rings. The number of nitrogens with zero attached hydrogens (tertiary/aromatic N) is 1. The van der Waals surface area contributed by atoms with Gasteiger partial charge in [-0.05, 0) is 62.5 Å². The summed E-state index contributed by atoms with van der Waals surface area (Å²) in [5.74, 6) is 0.292. The molecule has 3 nitrogen and oxygen atoms in total. The van der Waals surface area contributed by atoms with E-state index >= 15 is 0 Å². The van der Waals surface area contributed by atoms with Gasteiger partial charge in [0.25, 0.3) is 0 Å². The molecule has 2 aromatic rings. The zero-order valence-corrected chi connectivity index (χ0v) is 14.6. The van der Waals surface area contributed by atoms with Crippen molar-refractivity contribution in [3.8, 4) is 0 Å². The first-order valence-corrected chi connectivity index (χ1v) is 8.77. The van der Waals surface area contributed by atoms with Gasteiger partial charge < -0.3 is 5.32 Å². The maximum absolute atomic E-state index is 12.6. The molecular weight excluding hydrogens is 296 g/mol. The van der Waals surface area contributed by atoms with Gasteiger partial charge in [0.05, 0.1) is 0 Å². The van der Waals surface area contributed by atoms with Crippen LogP contribution >= 0.6 is 0 Å². The average molecular weight is 322 g/mol. The number of carbonyl (C=O) groups excluding carboxylic acids is 1. The second-order valence-electron chi connectivity index (χ2n) is 6.77. The molecule has 1 heterocycles. The first kappa shape index (κ1) is 16.7. The summed E-state index contributed by atoms with van der Waals surface area (Å²) in [5, 5.41) is 3.13. The highest BCUT2D eigenvalue weighted by Crippen LogP contribution is 2.23. The lowest BCUT2D eigenvalue weighted by atomic mass is 9.95. The van der Waals surface area contributed by atoms with Crippen molar-refractivity contribution in [3.05, 3.63) is 65.2 Å². The van der Waals surface area contributed by atoms with Crippen molar-refractivity contribution in [2.75, 3.05) is 18.4 Å². The summed E-state index contributed by atoms with van der Waals surface area (Å²) in [6.07, 6.45) is 1.87. The van der Waals surface area contributed by atoms with E-state index in [1.54, 1.807) is 0 Å². The molecule has 3 heteroatoms. The van der Waals surface area contributed by atoms with E-state index in [9.17, 15) is 4.79 Å². The normalized spacial score (nSPS) is 16.1. The van der Waals surface area contributed by atoms with Gasteiger partial charge >= 0.3 is 0 Å². The first-order valence-electron chi connectivity index (χ1n) is 8.77. The van der Waals surface area contributed by atoms with Gasteiger partial charge in [-0.1, -0.05) is 42.5 Å². The van der Waals surface area contributed by atoms with Crippen LogP contribution in [0.3, 0.4) is 0 Å². The fraction of sp³-hybridized carbons (Fsp3) is 0.381. The third kappa shape index (κ3) is 4.04. The predicted octanol–water partition coefficient (Wildman–Crippen LogP) is 4.15. The van der Waals surface area contributed by atoms with Crippen LogP contribution in [0.5, 0.6) is 0 Å². The Balaban J connectivity index is 1.52. The Hall–Kier alpha value is -2.13. The maximum atomic E-state index is 12.6. The molecule has 0 spiro atoms. The van der Waals surface area contributed by atoms with E-state index in [0.717, 1.165) is 43.7 Å². The lowest BCUT2D eigenvalue weighted by molar-refractivity contribution is -0.121. The Kier molecular flexibility index (Phi) is 5.31. The summed E-state index contributed by atoms with van der Waals surface area (Å²) in [6, 6.07) is 16.6. The molecule has 24 heavy (non-hydrogen) atoms. The summed E-state index contributed by atoms with van der Waals surface area (Å²) in [5.41, 5.74) is 4.67. The van der Waals surface area contributed by atoms with Gasteiger partial charge in [-0.3, -0.25) is 9.69 Å². The van der Waals surface area contributed by atoms with Gasteiger partial charge in [0.1, 0.15) is 0 Å². The SMILES string of the molecule is Cc1cccc(NC(=O)C2CCN(Cc3ccccc3)CC2)c1C. The molecule has 0 aliphatic carbocycles. The van der Waals surface area contributed by atoms with Gasteiger partial charge in [0.2, 0.25) is 5.91 Å². The molecule has 1 saturated heterocycles. The fourth-order valence-corrected chi connectivity index (χ4v) is 3.32. The van der Waals surface area contributed by atoms with Crippen LogP contribution < -0.4 is 5.32 Å². The number of hydrogen-bond acceptors (Lipinski definition) is 2. The van der Waals surface area contributed by atoms with E-state index in [4.69, 9.17) is 0 Å². The van der Waals surface area contributed by atoms with E-state index in [2.05, 4.69) is 54.4 Å². The Morgan fingerprint density at radius 2 is 1.75 bits per heavy atom. The van der Waals surface area contributed by atoms with Crippen LogP contribution in [0.4, 0.5) is 5.69 Å². The fourth-order valence-electron chi connectivity index (χ4n) is 3.32. The van der Waals surface area contributed by atoms with Gasteiger partial charge in [-0.2, -0.15) is 0 Å². The number of likely N-dealkylation sites (tertiary alicyclic amines) is 1. The summed E-state index contributed by atoms with van der Waals surface area (Å²) in [7, 11) is 0. The van der Waals surface area contributed by atoms with Crippen LogP contribution in [0.2, 0.25) is 0 Å². The number of aryl methyl sites for hydroxylation is 1. The number of benzene rings is 2. The second kappa shape index (κ2) is 7.63. The maximum Gasteiger partial charge on any atom is 0.227 e. The van der Waals surface area contributed by atoms with Crippen LogP contribution in [0.1, 0.15) is 29.5 Å². The van der Waals surface area contributed by atoms with Crippen molar-refractivity contribution in [2.24, 2.45) is 5.92 Å². The van der Waals surface area contributed by atoms with Crippen molar-refractivity contribution in [2.45, 2.75) is 33.2 Å². The number of hydrogen-bond donors (Lipinski definition) is 1. The van der Waals surface area contributed by atoms with Crippen LogP contribution in [-0.2, 0) is 11.3 Å². The molecule has 0 saturated carbocycles. The van der Waals surface area contributed by atoms with Crippen LogP contribution in [0, 0.1) is 19.8 Å². The topological polar surface area (TPSA) is 32.3 Å². The molecule has 1 amide bonds. The largest absolute Gasteiger partial charge is 0.326 e. The molecule has 1 aliphatic heterocycles. The molecule has 0 unspecified atom stereocenters. The predicted molar refractivity (Wildman–Crippen MR) is 99.0 cm³/mol. The lowest BCUT2D eigenvalue weighted by Gasteiger charge is -2.31. The van der Waals surface area contributed by atoms with Crippen molar-refractivity contribution in [3.63, 3.8) is 0 Å². The van der Waals surface area contributed by atoms with Crippen molar-refractivity contribution >= 4 is 11.6 Å². The Labute approximate surface area is 144 Å². The van der Waals surface area contributed by atoms with E-state index in [0.29, 0.717) is 0 Å². The van der Waals surface area contributed by atoms with Gasteiger partial charge in [0.15, 0.2) is 0 Å². The molecule has 0 radical (unpaired) electrons. The van der Waals surface area contributed by atoms with E-state index in [1.807, 2.05) is 18.2 Å². The third-order valence-electron chi connectivity index (χ3n) is 5.07. The Bertz CT molecular complexity index is 688. The van der Waals surface area contributed by atoms with E-state index in [1.165, 1.54) is 11.1 Å². The molecule has 1 N–H and O–H groups in total. The molecule has 126 valence electrons. The number of piperidine rings is 1. The highest BCUT2D eigenvalue weighted by molar-refractivity contribution is 5.93. The average Bonchev–Trinajstić information content (AvgIpc) is 2.60. The number of anilines is 1. The summed E-state index contributed by atoms with van der Waals surface area (Å²) in [6.45, 7) is 7.09. The number of carbonyl (C=O) groups is 1. The standard InChI is InChI=1S/C21H26N2O/c1-16-7-6-10-20(17(16)2)22-21(24)19-11-13-23(14-12-19)15-18-8-4-3-5-9-18/h3-10,19H,11-15H2,1-2H3,(H,22,24). The van der Waals surface area contributed by atoms with Crippen LogP contribution in [-0.4, -0.2) is 23.9 Å². The monoisotopic (exact) mass is 322 g/mol. The minimum Gasteiger partial charge on any atom is -0.326 e.